The highest BCUT2D eigenvalue weighted by molar-refractivity contribution is 7.89. The van der Waals surface area contributed by atoms with Crippen molar-refractivity contribution >= 4 is 10.0 Å². The Hall–Kier alpha value is -0.980. The molecule has 2 rings (SSSR count). The molecule has 0 atom stereocenters. The lowest BCUT2D eigenvalue weighted by Crippen LogP contribution is -2.33. The predicted octanol–water partition coefficient (Wildman–Crippen LogP) is 1.10. The van der Waals surface area contributed by atoms with Crippen molar-refractivity contribution in [3.8, 4) is 0 Å². The van der Waals surface area contributed by atoms with Gasteiger partial charge in [-0.2, -0.15) is 4.31 Å². The molecule has 0 spiro atoms. The van der Waals surface area contributed by atoms with Crippen molar-refractivity contribution in [2.24, 2.45) is 5.73 Å². The Kier molecular flexibility index (Phi) is 4.31. The van der Waals surface area contributed by atoms with E-state index in [4.69, 9.17) is 5.73 Å². The molecule has 0 bridgehead atoms. The van der Waals surface area contributed by atoms with Crippen molar-refractivity contribution in [2.75, 3.05) is 13.1 Å². The Bertz CT molecular complexity index is 494. The second kappa shape index (κ2) is 5.77. The highest BCUT2D eigenvalue weighted by Gasteiger charge is 2.27. The lowest BCUT2D eigenvalue weighted by atomic mass is 10.2. The molecule has 0 radical (unpaired) electrons. The average Bonchev–Trinajstić information content (AvgIpc) is 2.68. The van der Waals surface area contributed by atoms with Gasteiger partial charge in [0.05, 0.1) is 5.69 Å². The first kappa shape index (κ1) is 13.5. The summed E-state index contributed by atoms with van der Waals surface area (Å²) in [7, 11) is -3.44. The van der Waals surface area contributed by atoms with E-state index in [1.165, 1.54) is 0 Å². The topological polar surface area (TPSA) is 76.3 Å². The van der Waals surface area contributed by atoms with Crippen molar-refractivity contribution in [3.63, 3.8) is 0 Å². The van der Waals surface area contributed by atoms with E-state index in [0.717, 1.165) is 25.7 Å². The third kappa shape index (κ3) is 2.71. The van der Waals surface area contributed by atoms with Crippen molar-refractivity contribution in [1.82, 2.24) is 9.29 Å². The first-order chi connectivity index (χ1) is 8.66. The second-order valence-corrected chi connectivity index (χ2v) is 6.38. The highest BCUT2D eigenvalue weighted by atomic mass is 32.2. The van der Waals surface area contributed by atoms with Crippen LogP contribution in [0.25, 0.3) is 0 Å². The van der Waals surface area contributed by atoms with E-state index < -0.39 is 10.0 Å². The largest absolute Gasteiger partial charge is 0.325 e. The fourth-order valence-corrected chi connectivity index (χ4v) is 3.93. The van der Waals surface area contributed by atoms with Crippen LogP contribution in [0.2, 0.25) is 0 Å². The van der Waals surface area contributed by atoms with Crippen molar-refractivity contribution in [2.45, 2.75) is 37.1 Å². The van der Waals surface area contributed by atoms with Gasteiger partial charge in [0.2, 0.25) is 10.0 Å². The number of sulfonamides is 1. The average molecular weight is 269 g/mol. The van der Waals surface area contributed by atoms with E-state index in [1.807, 2.05) is 0 Å². The van der Waals surface area contributed by atoms with Gasteiger partial charge in [0.25, 0.3) is 0 Å². The minimum absolute atomic E-state index is 0.142. The van der Waals surface area contributed by atoms with Gasteiger partial charge in [-0.15, -0.1) is 0 Å². The van der Waals surface area contributed by atoms with Crippen LogP contribution in [0.1, 0.15) is 31.4 Å². The zero-order valence-electron chi connectivity index (χ0n) is 10.4. The molecule has 0 aliphatic carbocycles. The van der Waals surface area contributed by atoms with Gasteiger partial charge >= 0.3 is 0 Å². The van der Waals surface area contributed by atoms with E-state index >= 15 is 0 Å². The summed E-state index contributed by atoms with van der Waals surface area (Å²) in [4.78, 5) is 4.31. The van der Waals surface area contributed by atoms with Crippen LogP contribution in [-0.4, -0.2) is 30.8 Å². The van der Waals surface area contributed by atoms with Gasteiger partial charge in [0.1, 0.15) is 4.90 Å². The highest BCUT2D eigenvalue weighted by Crippen LogP contribution is 2.21. The SMILES string of the molecule is NCc1ncccc1S(=O)(=O)N1CCCCCC1. The van der Waals surface area contributed by atoms with Crippen LogP contribution >= 0.6 is 0 Å². The molecule has 0 saturated carbocycles. The van der Waals surface area contributed by atoms with Crippen LogP contribution in [-0.2, 0) is 16.6 Å². The van der Waals surface area contributed by atoms with E-state index in [2.05, 4.69) is 4.98 Å². The van der Waals surface area contributed by atoms with Gasteiger partial charge in [-0.3, -0.25) is 4.98 Å². The van der Waals surface area contributed by atoms with Gasteiger partial charge < -0.3 is 5.73 Å². The van der Waals surface area contributed by atoms with E-state index in [1.54, 1.807) is 22.6 Å². The Labute approximate surface area is 108 Å². The molecule has 5 nitrogen and oxygen atoms in total. The van der Waals surface area contributed by atoms with E-state index in [9.17, 15) is 8.42 Å². The molecule has 1 aromatic rings. The third-order valence-electron chi connectivity index (χ3n) is 3.22. The summed E-state index contributed by atoms with van der Waals surface area (Å²) in [6, 6.07) is 3.24. The Balaban J connectivity index is 2.34. The summed E-state index contributed by atoms with van der Waals surface area (Å²) < 4.78 is 26.7. The molecule has 2 N–H and O–H groups in total. The zero-order valence-corrected chi connectivity index (χ0v) is 11.2. The smallest absolute Gasteiger partial charge is 0.244 e. The Morgan fingerprint density at radius 2 is 1.89 bits per heavy atom. The summed E-state index contributed by atoms with van der Waals surface area (Å²) in [6.45, 7) is 1.34. The molecular formula is C12H19N3O2S. The fraction of sp³-hybridized carbons (Fsp3) is 0.583. The Morgan fingerprint density at radius 3 is 2.50 bits per heavy atom. The number of rotatable bonds is 3. The summed E-state index contributed by atoms with van der Waals surface area (Å²) in [5, 5.41) is 0. The molecule has 1 fully saturated rings. The molecule has 2 heterocycles. The van der Waals surface area contributed by atoms with E-state index in [0.29, 0.717) is 18.8 Å². The lowest BCUT2D eigenvalue weighted by Gasteiger charge is -2.20. The molecule has 0 aromatic carbocycles. The molecule has 1 aliphatic rings. The number of hydrogen-bond acceptors (Lipinski definition) is 4. The van der Waals surface area contributed by atoms with Crippen LogP contribution in [0, 0.1) is 0 Å². The number of aromatic nitrogens is 1. The van der Waals surface area contributed by atoms with Crippen LogP contribution in [0.3, 0.4) is 0 Å². The molecule has 1 saturated heterocycles. The van der Waals surface area contributed by atoms with Crippen molar-refractivity contribution in [1.29, 1.82) is 0 Å². The standard InChI is InChI=1S/C12H19N3O2S/c13-10-11-12(6-5-7-14-11)18(16,17)15-8-3-1-2-4-9-15/h5-7H,1-4,8-10,13H2. The van der Waals surface area contributed by atoms with Crippen LogP contribution in [0.15, 0.2) is 23.2 Å². The number of pyridine rings is 1. The maximum absolute atomic E-state index is 12.6. The summed E-state index contributed by atoms with van der Waals surface area (Å²) >= 11 is 0. The monoisotopic (exact) mass is 269 g/mol. The normalized spacial score (nSPS) is 18.5. The minimum Gasteiger partial charge on any atom is -0.325 e. The van der Waals surface area contributed by atoms with Crippen molar-refractivity contribution in [3.05, 3.63) is 24.0 Å². The fourth-order valence-electron chi connectivity index (χ4n) is 2.23. The first-order valence-corrected chi connectivity index (χ1v) is 7.74. The van der Waals surface area contributed by atoms with Crippen molar-refractivity contribution < 1.29 is 8.42 Å². The summed E-state index contributed by atoms with van der Waals surface area (Å²) in [5.74, 6) is 0. The molecule has 18 heavy (non-hydrogen) atoms. The number of nitrogens with two attached hydrogens (primary N) is 1. The molecule has 100 valence electrons. The third-order valence-corrected chi connectivity index (χ3v) is 5.20. The molecule has 0 amide bonds. The zero-order chi connectivity index (χ0) is 13.0. The van der Waals surface area contributed by atoms with Gasteiger partial charge in [0, 0.05) is 25.8 Å². The van der Waals surface area contributed by atoms with Crippen LogP contribution in [0.5, 0.6) is 0 Å². The molecule has 6 heteroatoms. The van der Waals surface area contributed by atoms with Crippen LogP contribution in [0.4, 0.5) is 0 Å². The molecule has 0 unspecified atom stereocenters. The molecular weight excluding hydrogens is 250 g/mol. The summed E-state index contributed by atoms with van der Waals surface area (Å²) in [5.41, 5.74) is 6.01. The van der Waals surface area contributed by atoms with Gasteiger partial charge in [-0.25, -0.2) is 8.42 Å². The quantitative estimate of drug-likeness (QED) is 0.891. The predicted molar refractivity (Wildman–Crippen MR) is 69.4 cm³/mol. The number of nitrogens with zero attached hydrogens (tertiary/aromatic N) is 2. The van der Waals surface area contributed by atoms with Gasteiger partial charge in [-0.1, -0.05) is 12.8 Å². The second-order valence-electron chi connectivity index (χ2n) is 4.47. The maximum atomic E-state index is 12.6. The lowest BCUT2D eigenvalue weighted by molar-refractivity contribution is 0.423. The maximum Gasteiger partial charge on any atom is 0.244 e. The minimum atomic E-state index is -3.44. The Morgan fingerprint density at radius 1 is 1.22 bits per heavy atom. The van der Waals surface area contributed by atoms with Crippen LogP contribution < -0.4 is 5.73 Å². The van der Waals surface area contributed by atoms with Gasteiger partial charge in [-0.05, 0) is 25.0 Å². The molecule has 1 aromatic heterocycles. The van der Waals surface area contributed by atoms with E-state index in [-0.39, 0.29) is 11.4 Å². The van der Waals surface area contributed by atoms with Gasteiger partial charge in [0.15, 0.2) is 0 Å². The molecule has 1 aliphatic heterocycles. The summed E-state index contributed by atoms with van der Waals surface area (Å²) in [6.07, 6.45) is 5.63. The first-order valence-electron chi connectivity index (χ1n) is 6.30. The number of hydrogen-bond donors (Lipinski definition) is 1.